The highest BCUT2D eigenvalue weighted by molar-refractivity contribution is 5.93. The number of amides is 2. The summed E-state index contributed by atoms with van der Waals surface area (Å²) < 4.78 is 3.14. The van der Waals surface area contributed by atoms with Crippen LogP contribution in [0.15, 0.2) is 65.5 Å². The minimum Gasteiger partial charge on any atom is -0.326 e. The van der Waals surface area contributed by atoms with E-state index in [1.807, 2.05) is 44.2 Å². The highest BCUT2D eigenvalue weighted by Crippen LogP contribution is 2.24. The zero-order valence-corrected chi connectivity index (χ0v) is 18.0. The lowest BCUT2D eigenvalue weighted by Gasteiger charge is -2.13. The number of aromatic nitrogens is 3. The van der Waals surface area contributed by atoms with Crippen LogP contribution in [-0.2, 0) is 16.1 Å². The lowest BCUT2D eigenvalue weighted by Crippen LogP contribution is -2.29. The van der Waals surface area contributed by atoms with Crippen molar-refractivity contribution in [2.45, 2.75) is 27.3 Å². The number of anilines is 2. The van der Waals surface area contributed by atoms with Gasteiger partial charge in [-0.25, -0.2) is 4.68 Å². The molecule has 0 spiro atoms. The second-order valence-corrected chi connectivity index (χ2v) is 7.59. The average molecular weight is 429 g/mol. The minimum atomic E-state index is -0.344. The highest BCUT2D eigenvalue weighted by Gasteiger charge is 2.18. The van der Waals surface area contributed by atoms with E-state index in [1.165, 1.54) is 17.6 Å². The molecule has 0 radical (unpaired) electrons. The largest absolute Gasteiger partial charge is 0.326 e. The van der Waals surface area contributed by atoms with Gasteiger partial charge in [-0.15, -0.1) is 0 Å². The lowest BCUT2D eigenvalue weighted by atomic mass is 10.1. The normalized spacial score (nSPS) is 10.8. The van der Waals surface area contributed by atoms with Gasteiger partial charge in [-0.05, 0) is 55.8 Å². The first kappa shape index (κ1) is 21.0. The van der Waals surface area contributed by atoms with Crippen LogP contribution in [0.2, 0.25) is 0 Å². The van der Waals surface area contributed by atoms with Gasteiger partial charge >= 0.3 is 0 Å². The fourth-order valence-corrected chi connectivity index (χ4v) is 3.75. The summed E-state index contributed by atoms with van der Waals surface area (Å²) in [6, 6.07) is 17.8. The maximum absolute atomic E-state index is 12.9. The van der Waals surface area contributed by atoms with Crippen molar-refractivity contribution in [1.82, 2.24) is 14.3 Å². The number of carbonyl (C=O) groups excluding carboxylic acids is 2. The molecule has 0 saturated carbocycles. The molecule has 2 amide bonds. The Bertz CT molecular complexity index is 1370. The van der Waals surface area contributed by atoms with E-state index < -0.39 is 0 Å². The van der Waals surface area contributed by atoms with Crippen LogP contribution in [0.25, 0.3) is 16.7 Å². The van der Waals surface area contributed by atoms with Gasteiger partial charge in [0.1, 0.15) is 12.2 Å². The maximum Gasteiger partial charge on any atom is 0.252 e. The van der Waals surface area contributed by atoms with Crippen LogP contribution in [0.4, 0.5) is 11.4 Å². The van der Waals surface area contributed by atoms with E-state index in [1.54, 1.807) is 28.9 Å². The topological polar surface area (TPSA) is 98.0 Å². The van der Waals surface area contributed by atoms with Gasteiger partial charge in [0.25, 0.3) is 5.56 Å². The van der Waals surface area contributed by atoms with E-state index in [2.05, 4.69) is 15.7 Å². The van der Waals surface area contributed by atoms with Gasteiger partial charge in [-0.3, -0.25) is 19.0 Å². The predicted octanol–water partition coefficient (Wildman–Crippen LogP) is 3.40. The molecule has 2 aromatic carbocycles. The standard InChI is InChI=1S/C24H23N5O3/c1-15-13-22(32)28(14-21(31)26-19-11-9-18(10-12-19)25-17(3)30)24-23(15)16(2)27-29(24)20-7-5-4-6-8-20/h4-13H,14H2,1-3H3,(H,25,30)(H,26,31). The van der Waals surface area contributed by atoms with Gasteiger partial charge in [-0.2, -0.15) is 5.10 Å². The SMILES string of the molecule is CC(=O)Nc1ccc(NC(=O)Cn2c(=O)cc(C)c3c(C)nn(-c4ccccc4)c32)cc1. The third kappa shape index (κ3) is 4.15. The molecule has 2 heterocycles. The first-order valence-electron chi connectivity index (χ1n) is 10.2. The summed E-state index contributed by atoms with van der Waals surface area (Å²) in [5.74, 6) is -0.516. The van der Waals surface area contributed by atoms with Crippen LogP contribution in [0.5, 0.6) is 0 Å². The average Bonchev–Trinajstić information content (AvgIpc) is 3.10. The summed E-state index contributed by atoms with van der Waals surface area (Å²) in [6.45, 7) is 5.02. The van der Waals surface area contributed by atoms with Crippen LogP contribution in [0.3, 0.4) is 0 Å². The number of para-hydroxylation sites is 1. The summed E-state index contributed by atoms with van der Waals surface area (Å²) in [4.78, 5) is 36.8. The van der Waals surface area contributed by atoms with Gasteiger partial charge in [0, 0.05) is 29.8 Å². The molecule has 4 rings (SSSR count). The number of hydrogen-bond acceptors (Lipinski definition) is 4. The van der Waals surface area contributed by atoms with Crippen molar-refractivity contribution in [2.75, 3.05) is 10.6 Å². The molecule has 0 atom stereocenters. The zero-order valence-electron chi connectivity index (χ0n) is 18.0. The van der Waals surface area contributed by atoms with Crippen molar-refractivity contribution < 1.29 is 9.59 Å². The fourth-order valence-electron chi connectivity index (χ4n) is 3.75. The van der Waals surface area contributed by atoms with Crippen LogP contribution < -0.4 is 16.2 Å². The molecular weight excluding hydrogens is 406 g/mol. The maximum atomic E-state index is 12.9. The number of carbonyl (C=O) groups is 2. The Balaban J connectivity index is 1.69. The lowest BCUT2D eigenvalue weighted by molar-refractivity contribution is -0.117. The number of nitrogens with zero attached hydrogens (tertiary/aromatic N) is 3. The number of fused-ring (bicyclic) bond motifs is 1. The summed E-state index contributed by atoms with van der Waals surface area (Å²) in [5.41, 5.74) is 3.90. The Morgan fingerprint density at radius 2 is 1.56 bits per heavy atom. The van der Waals surface area contributed by atoms with E-state index in [0.717, 1.165) is 22.3 Å². The summed E-state index contributed by atoms with van der Waals surface area (Å²) >= 11 is 0. The van der Waals surface area contributed by atoms with Crippen LogP contribution in [0, 0.1) is 13.8 Å². The smallest absolute Gasteiger partial charge is 0.252 e. The second-order valence-electron chi connectivity index (χ2n) is 7.59. The van der Waals surface area contributed by atoms with E-state index >= 15 is 0 Å². The monoisotopic (exact) mass is 429 g/mol. The molecule has 8 nitrogen and oxygen atoms in total. The Morgan fingerprint density at radius 1 is 0.938 bits per heavy atom. The van der Waals surface area contributed by atoms with Gasteiger partial charge in [-0.1, -0.05) is 18.2 Å². The summed E-state index contributed by atoms with van der Waals surface area (Å²) in [7, 11) is 0. The molecule has 2 N–H and O–H groups in total. The third-order valence-corrected chi connectivity index (χ3v) is 5.08. The van der Waals surface area contributed by atoms with Crippen LogP contribution in [-0.4, -0.2) is 26.2 Å². The molecule has 0 unspecified atom stereocenters. The molecule has 8 heteroatoms. The molecule has 0 aliphatic carbocycles. The Hall–Kier alpha value is -4.20. The van der Waals surface area contributed by atoms with Crippen molar-refractivity contribution >= 4 is 34.2 Å². The van der Waals surface area contributed by atoms with E-state index in [-0.39, 0.29) is 23.9 Å². The van der Waals surface area contributed by atoms with Crippen molar-refractivity contribution in [3.8, 4) is 5.69 Å². The first-order valence-corrected chi connectivity index (χ1v) is 10.2. The molecule has 2 aromatic heterocycles. The van der Waals surface area contributed by atoms with Crippen LogP contribution >= 0.6 is 0 Å². The zero-order chi connectivity index (χ0) is 22.8. The number of rotatable bonds is 5. The van der Waals surface area contributed by atoms with E-state index in [0.29, 0.717) is 17.0 Å². The summed E-state index contributed by atoms with van der Waals surface area (Å²) in [6.07, 6.45) is 0. The van der Waals surface area contributed by atoms with E-state index in [4.69, 9.17) is 0 Å². The highest BCUT2D eigenvalue weighted by atomic mass is 16.2. The number of benzene rings is 2. The Morgan fingerprint density at radius 3 is 2.19 bits per heavy atom. The Labute approximate surface area is 184 Å². The number of hydrogen-bond donors (Lipinski definition) is 2. The van der Waals surface area contributed by atoms with Crippen molar-refractivity contribution in [2.24, 2.45) is 0 Å². The first-order chi connectivity index (χ1) is 15.3. The fraction of sp³-hybridized carbons (Fsp3) is 0.167. The summed E-state index contributed by atoms with van der Waals surface area (Å²) in [5, 5.41) is 11.0. The van der Waals surface area contributed by atoms with Gasteiger partial charge in [0.2, 0.25) is 11.8 Å². The molecule has 32 heavy (non-hydrogen) atoms. The molecule has 0 aliphatic heterocycles. The minimum absolute atomic E-state index is 0.166. The molecule has 0 saturated heterocycles. The number of pyridine rings is 1. The number of aryl methyl sites for hydroxylation is 2. The van der Waals surface area contributed by atoms with E-state index in [9.17, 15) is 14.4 Å². The molecule has 0 bridgehead atoms. The quantitative estimate of drug-likeness (QED) is 0.508. The molecule has 0 aliphatic rings. The predicted molar refractivity (Wildman–Crippen MR) is 124 cm³/mol. The Kier molecular flexibility index (Phi) is 5.59. The van der Waals surface area contributed by atoms with Crippen LogP contribution in [0.1, 0.15) is 18.2 Å². The van der Waals surface area contributed by atoms with Crippen molar-refractivity contribution in [3.05, 3.63) is 82.3 Å². The van der Waals surface area contributed by atoms with Gasteiger partial charge in [0.05, 0.1) is 11.4 Å². The second kappa shape index (κ2) is 8.50. The molecule has 4 aromatic rings. The van der Waals surface area contributed by atoms with Crippen molar-refractivity contribution in [3.63, 3.8) is 0 Å². The van der Waals surface area contributed by atoms with Gasteiger partial charge < -0.3 is 10.6 Å². The number of nitrogens with one attached hydrogen (secondary N) is 2. The third-order valence-electron chi connectivity index (χ3n) is 5.08. The molecule has 162 valence electrons. The van der Waals surface area contributed by atoms with Gasteiger partial charge in [0.15, 0.2) is 0 Å². The van der Waals surface area contributed by atoms with Crippen molar-refractivity contribution in [1.29, 1.82) is 0 Å². The molecular formula is C24H23N5O3. The molecule has 0 fully saturated rings.